The van der Waals surface area contributed by atoms with Crippen LogP contribution in [0.2, 0.25) is 0 Å². The van der Waals surface area contributed by atoms with Gasteiger partial charge in [-0.25, -0.2) is 4.98 Å². The molecule has 0 aliphatic heterocycles. The molecule has 3 nitrogen and oxygen atoms in total. The number of fused-ring (bicyclic) bond motifs is 1. The molecule has 0 saturated heterocycles. The smallest absolute Gasteiger partial charge is 0.145 e. The largest absolute Gasteiger partial charge is 0.494 e. The minimum Gasteiger partial charge on any atom is -0.494 e. The van der Waals surface area contributed by atoms with Gasteiger partial charge in [-0.05, 0) is 23.6 Å². The molecule has 0 fully saturated rings. The molecule has 0 unspecified atom stereocenters. The van der Waals surface area contributed by atoms with Crippen LogP contribution in [0, 0.1) is 0 Å². The van der Waals surface area contributed by atoms with Crippen LogP contribution < -0.4 is 10.1 Å². The van der Waals surface area contributed by atoms with Crippen LogP contribution in [-0.4, -0.2) is 18.1 Å². The van der Waals surface area contributed by atoms with Crippen LogP contribution in [0.5, 0.6) is 5.75 Å². The van der Waals surface area contributed by atoms with E-state index in [1.807, 2.05) is 12.1 Å². The Hall–Kier alpha value is -1.61. The third-order valence-corrected chi connectivity index (χ3v) is 3.42. The van der Waals surface area contributed by atoms with E-state index in [9.17, 15) is 0 Å². The number of nitrogens with one attached hydrogen (secondary N) is 1. The number of nitrogens with zero attached hydrogens (tertiary/aromatic N) is 1. The first-order chi connectivity index (χ1) is 9.52. The summed E-state index contributed by atoms with van der Waals surface area (Å²) in [4.78, 5) is 4.78. The van der Waals surface area contributed by atoms with E-state index in [4.69, 9.17) is 9.72 Å². The van der Waals surface area contributed by atoms with Gasteiger partial charge in [-0.15, -0.1) is 0 Å². The number of aromatic nitrogens is 1. The van der Waals surface area contributed by atoms with Crippen LogP contribution >= 0.6 is 0 Å². The van der Waals surface area contributed by atoms with Gasteiger partial charge in [0.2, 0.25) is 0 Å². The molecule has 1 N–H and O–H groups in total. The minimum atomic E-state index is 0.405. The summed E-state index contributed by atoms with van der Waals surface area (Å²) in [5.74, 6) is 1.25. The number of hydrogen-bond acceptors (Lipinski definition) is 3. The topological polar surface area (TPSA) is 34.1 Å². The van der Waals surface area contributed by atoms with Gasteiger partial charge in [0.25, 0.3) is 0 Å². The maximum Gasteiger partial charge on any atom is 0.145 e. The van der Waals surface area contributed by atoms with Crippen LogP contribution in [0.3, 0.4) is 0 Å². The zero-order valence-electron chi connectivity index (χ0n) is 13.0. The van der Waals surface area contributed by atoms with Crippen molar-refractivity contribution in [1.29, 1.82) is 0 Å². The second-order valence-electron chi connectivity index (χ2n) is 5.75. The number of hydrogen-bond donors (Lipinski definition) is 1. The van der Waals surface area contributed by atoms with E-state index in [2.05, 4.69) is 45.1 Å². The minimum absolute atomic E-state index is 0.405. The van der Waals surface area contributed by atoms with Crippen molar-refractivity contribution in [2.24, 2.45) is 0 Å². The van der Waals surface area contributed by atoms with Crippen LogP contribution in [0.1, 0.15) is 44.9 Å². The third kappa shape index (κ3) is 3.10. The van der Waals surface area contributed by atoms with Crippen molar-refractivity contribution >= 4 is 10.9 Å². The summed E-state index contributed by atoms with van der Waals surface area (Å²) in [5, 5.41) is 4.66. The molecule has 20 heavy (non-hydrogen) atoms. The molecule has 1 heterocycles. The van der Waals surface area contributed by atoms with Gasteiger partial charge in [0, 0.05) is 23.7 Å². The lowest BCUT2D eigenvalue weighted by atomic mass is 10.0. The van der Waals surface area contributed by atoms with Crippen molar-refractivity contribution in [2.75, 3.05) is 7.11 Å². The molecule has 1 aromatic carbocycles. The van der Waals surface area contributed by atoms with Crippen LogP contribution in [0.4, 0.5) is 0 Å². The highest BCUT2D eigenvalue weighted by molar-refractivity contribution is 5.87. The summed E-state index contributed by atoms with van der Waals surface area (Å²) in [6.45, 7) is 9.51. The molecular formula is C17H24N2O. The Labute approximate surface area is 121 Å². The Balaban J connectivity index is 2.58. The summed E-state index contributed by atoms with van der Waals surface area (Å²) < 4.78 is 5.46. The first-order valence-corrected chi connectivity index (χ1v) is 7.22. The van der Waals surface area contributed by atoms with E-state index >= 15 is 0 Å². The molecule has 0 saturated carbocycles. The molecular weight excluding hydrogens is 248 g/mol. The van der Waals surface area contributed by atoms with E-state index < -0.39 is 0 Å². The average molecular weight is 272 g/mol. The lowest BCUT2D eigenvalue weighted by molar-refractivity contribution is 0.418. The highest BCUT2D eigenvalue weighted by Gasteiger charge is 2.11. The van der Waals surface area contributed by atoms with Crippen LogP contribution in [0.15, 0.2) is 24.3 Å². The molecule has 0 atom stereocenters. The Bertz CT molecular complexity index is 591. The van der Waals surface area contributed by atoms with Crippen LogP contribution in [0.25, 0.3) is 10.9 Å². The van der Waals surface area contributed by atoms with Crippen molar-refractivity contribution in [2.45, 2.75) is 46.2 Å². The molecule has 0 amide bonds. The van der Waals surface area contributed by atoms with E-state index in [-0.39, 0.29) is 0 Å². The quantitative estimate of drug-likeness (QED) is 0.897. The highest BCUT2D eigenvalue weighted by atomic mass is 16.5. The first-order valence-electron chi connectivity index (χ1n) is 7.22. The molecule has 0 aliphatic carbocycles. The number of rotatable bonds is 5. The number of pyridine rings is 1. The molecule has 0 aliphatic rings. The lowest BCUT2D eigenvalue weighted by Crippen LogP contribution is -2.22. The molecule has 108 valence electrons. The molecule has 0 spiro atoms. The Morgan fingerprint density at radius 2 is 1.95 bits per heavy atom. The molecule has 3 heteroatoms. The van der Waals surface area contributed by atoms with Gasteiger partial charge in [0.15, 0.2) is 0 Å². The summed E-state index contributed by atoms with van der Waals surface area (Å²) >= 11 is 0. The summed E-state index contributed by atoms with van der Waals surface area (Å²) in [7, 11) is 1.70. The summed E-state index contributed by atoms with van der Waals surface area (Å²) in [6.07, 6.45) is 0. The molecule has 0 radical (unpaired) electrons. The molecule has 0 bridgehead atoms. The van der Waals surface area contributed by atoms with Gasteiger partial charge in [-0.1, -0.05) is 39.8 Å². The van der Waals surface area contributed by atoms with Gasteiger partial charge in [-0.3, -0.25) is 0 Å². The van der Waals surface area contributed by atoms with Gasteiger partial charge >= 0.3 is 0 Å². The lowest BCUT2D eigenvalue weighted by Gasteiger charge is -2.15. The third-order valence-electron chi connectivity index (χ3n) is 3.42. The van der Waals surface area contributed by atoms with E-state index in [0.29, 0.717) is 12.0 Å². The number of para-hydroxylation sites is 1. The predicted octanol–water partition coefficient (Wildman–Crippen LogP) is 3.86. The van der Waals surface area contributed by atoms with Crippen molar-refractivity contribution in [1.82, 2.24) is 10.3 Å². The standard InChI is InChI=1S/C17H24N2O/c1-11(2)15-9-13(10-18-12(3)4)14-7-6-8-16(20-5)17(14)19-15/h6-9,11-12,18H,10H2,1-5H3. The van der Waals surface area contributed by atoms with E-state index in [0.717, 1.165) is 23.5 Å². The SMILES string of the molecule is COc1cccc2c(CNC(C)C)cc(C(C)C)nc12. The summed E-state index contributed by atoms with van der Waals surface area (Å²) in [5.41, 5.74) is 3.36. The van der Waals surface area contributed by atoms with Gasteiger partial charge in [-0.2, -0.15) is 0 Å². The van der Waals surface area contributed by atoms with Crippen molar-refractivity contribution in [3.05, 3.63) is 35.5 Å². The number of benzene rings is 1. The van der Waals surface area contributed by atoms with Gasteiger partial charge in [0.05, 0.1) is 7.11 Å². The fourth-order valence-electron chi connectivity index (χ4n) is 2.24. The fourth-order valence-corrected chi connectivity index (χ4v) is 2.24. The van der Waals surface area contributed by atoms with Crippen molar-refractivity contribution in [3.8, 4) is 5.75 Å². The van der Waals surface area contributed by atoms with Gasteiger partial charge < -0.3 is 10.1 Å². The zero-order chi connectivity index (χ0) is 14.7. The van der Waals surface area contributed by atoms with Gasteiger partial charge in [0.1, 0.15) is 11.3 Å². The molecule has 2 aromatic rings. The zero-order valence-corrected chi connectivity index (χ0v) is 13.0. The Morgan fingerprint density at radius 3 is 2.55 bits per heavy atom. The predicted molar refractivity (Wildman–Crippen MR) is 84.4 cm³/mol. The average Bonchev–Trinajstić information content (AvgIpc) is 2.43. The molecule has 1 aromatic heterocycles. The second-order valence-corrected chi connectivity index (χ2v) is 5.75. The van der Waals surface area contributed by atoms with E-state index in [1.165, 1.54) is 10.9 Å². The normalized spacial score (nSPS) is 11.6. The monoisotopic (exact) mass is 272 g/mol. The highest BCUT2D eigenvalue weighted by Crippen LogP contribution is 2.29. The number of ether oxygens (including phenoxy) is 1. The summed E-state index contributed by atoms with van der Waals surface area (Å²) in [6, 6.07) is 8.79. The Morgan fingerprint density at radius 1 is 1.20 bits per heavy atom. The maximum absolute atomic E-state index is 5.46. The molecule has 2 rings (SSSR count). The van der Waals surface area contributed by atoms with E-state index in [1.54, 1.807) is 7.11 Å². The maximum atomic E-state index is 5.46. The van der Waals surface area contributed by atoms with Crippen LogP contribution in [-0.2, 0) is 6.54 Å². The fraction of sp³-hybridized carbons (Fsp3) is 0.471. The number of methoxy groups -OCH3 is 1. The van der Waals surface area contributed by atoms with Crippen molar-refractivity contribution < 1.29 is 4.74 Å². The Kier molecular flexibility index (Phi) is 4.61. The second kappa shape index (κ2) is 6.23. The van der Waals surface area contributed by atoms with Crippen molar-refractivity contribution in [3.63, 3.8) is 0 Å². The first kappa shape index (κ1) is 14.8.